The largest absolute Gasteiger partial charge is 0.349 e. The van der Waals surface area contributed by atoms with Crippen LogP contribution >= 0.6 is 15.9 Å². The summed E-state index contributed by atoms with van der Waals surface area (Å²) in [6, 6.07) is 8.18. The van der Waals surface area contributed by atoms with Crippen molar-refractivity contribution in [2.24, 2.45) is 11.7 Å². The van der Waals surface area contributed by atoms with Crippen molar-refractivity contribution in [3.63, 3.8) is 0 Å². The Morgan fingerprint density at radius 2 is 2.16 bits per heavy atom. The van der Waals surface area contributed by atoms with Gasteiger partial charge in [0.05, 0.1) is 6.04 Å². The Balaban J connectivity index is 1.97. The van der Waals surface area contributed by atoms with Crippen LogP contribution in [0.1, 0.15) is 44.2 Å². The zero-order valence-electron chi connectivity index (χ0n) is 11.2. The maximum absolute atomic E-state index is 12.3. The molecular weight excluding hydrogens is 304 g/mol. The van der Waals surface area contributed by atoms with Crippen LogP contribution < -0.4 is 11.1 Å². The summed E-state index contributed by atoms with van der Waals surface area (Å²) >= 11 is 3.52. The molecule has 0 heterocycles. The first-order valence-corrected chi connectivity index (χ1v) is 7.67. The Hall–Kier alpha value is -0.870. The molecule has 19 heavy (non-hydrogen) atoms. The number of nitrogens with two attached hydrogens (primary N) is 1. The van der Waals surface area contributed by atoms with E-state index in [0.717, 1.165) is 35.7 Å². The van der Waals surface area contributed by atoms with Crippen LogP contribution in [0.3, 0.4) is 0 Å². The fourth-order valence-corrected chi connectivity index (χ4v) is 3.33. The molecule has 1 aromatic carbocycles. The molecule has 1 saturated carbocycles. The van der Waals surface area contributed by atoms with Crippen LogP contribution in [0.25, 0.3) is 0 Å². The van der Waals surface area contributed by atoms with Crippen molar-refractivity contribution in [3.05, 3.63) is 34.3 Å². The van der Waals surface area contributed by atoms with Gasteiger partial charge in [0, 0.05) is 16.4 Å². The predicted octanol–water partition coefficient (Wildman–Crippen LogP) is 3.14. The van der Waals surface area contributed by atoms with E-state index >= 15 is 0 Å². The highest BCUT2D eigenvalue weighted by atomic mass is 79.9. The van der Waals surface area contributed by atoms with Crippen molar-refractivity contribution in [1.82, 2.24) is 5.32 Å². The summed E-state index contributed by atoms with van der Waals surface area (Å²) < 4.78 is 1.03. The smallest absolute Gasteiger partial charge is 0.223 e. The van der Waals surface area contributed by atoms with Gasteiger partial charge in [0.25, 0.3) is 0 Å². The van der Waals surface area contributed by atoms with Crippen LogP contribution in [0.5, 0.6) is 0 Å². The number of rotatable bonds is 3. The molecule has 1 fully saturated rings. The van der Waals surface area contributed by atoms with Crippen molar-refractivity contribution in [1.29, 1.82) is 0 Å². The van der Waals surface area contributed by atoms with Gasteiger partial charge in [-0.05, 0) is 37.8 Å². The lowest BCUT2D eigenvalue weighted by Gasteiger charge is -2.27. The molecule has 3 N–H and O–H groups in total. The number of halogens is 1. The van der Waals surface area contributed by atoms with Gasteiger partial charge in [-0.2, -0.15) is 0 Å². The van der Waals surface area contributed by atoms with Crippen molar-refractivity contribution in [3.8, 4) is 0 Å². The number of carbonyl (C=O) groups is 1. The normalized spacial score (nSPS) is 24.8. The highest BCUT2D eigenvalue weighted by Gasteiger charge is 2.26. The minimum absolute atomic E-state index is 0.0150. The van der Waals surface area contributed by atoms with Crippen LogP contribution in [0.2, 0.25) is 0 Å². The van der Waals surface area contributed by atoms with Crippen molar-refractivity contribution < 1.29 is 4.79 Å². The maximum atomic E-state index is 12.3. The van der Waals surface area contributed by atoms with Crippen LogP contribution in [-0.4, -0.2) is 11.9 Å². The van der Waals surface area contributed by atoms with Gasteiger partial charge in [-0.1, -0.05) is 40.5 Å². The number of benzene rings is 1. The maximum Gasteiger partial charge on any atom is 0.223 e. The van der Waals surface area contributed by atoms with Gasteiger partial charge in [0.15, 0.2) is 0 Å². The Kier molecular flexibility index (Phi) is 4.99. The number of hydrogen-bond donors (Lipinski definition) is 2. The number of hydrogen-bond acceptors (Lipinski definition) is 2. The van der Waals surface area contributed by atoms with Gasteiger partial charge in [0.1, 0.15) is 0 Å². The molecule has 0 aromatic heterocycles. The second kappa shape index (κ2) is 6.53. The lowest BCUT2D eigenvalue weighted by atomic mass is 9.85. The first kappa shape index (κ1) is 14.5. The molecule has 104 valence electrons. The standard InChI is InChI=1S/C15H21BrN2O/c1-10(13-7-2-3-8-14(13)16)18-15(19)11-5-4-6-12(17)9-11/h2-3,7-8,10-12H,4-6,9,17H2,1H3,(H,18,19)/t10-,11?,12?/m1/s1. The summed E-state index contributed by atoms with van der Waals surface area (Å²) in [5.74, 6) is 0.215. The number of carbonyl (C=O) groups excluding carboxylic acids is 1. The Morgan fingerprint density at radius 3 is 2.84 bits per heavy atom. The summed E-state index contributed by atoms with van der Waals surface area (Å²) in [6.45, 7) is 2.01. The lowest BCUT2D eigenvalue weighted by molar-refractivity contribution is -0.126. The molecule has 4 heteroatoms. The molecule has 2 rings (SSSR count). The van der Waals surface area contributed by atoms with E-state index < -0.39 is 0 Å². The van der Waals surface area contributed by atoms with E-state index in [1.807, 2.05) is 31.2 Å². The third kappa shape index (κ3) is 3.80. The molecule has 2 unspecified atom stereocenters. The molecular formula is C15H21BrN2O. The highest BCUT2D eigenvalue weighted by Crippen LogP contribution is 2.26. The Bertz CT molecular complexity index is 450. The first-order chi connectivity index (χ1) is 9.08. The van der Waals surface area contributed by atoms with E-state index in [4.69, 9.17) is 5.73 Å². The third-order valence-corrected chi connectivity index (χ3v) is 4.54. The van der Waals surface area contributed by atoms with E-state index in [-0.39, 0.29) is 23.9 Å². The van der Waals surface area contributed by atoms with Crippen molar-refractivity contribution in [2.45, 2.75) is 44.7 Å². The van der Waals surface area contributed by atoms with Crippen LogP contribution in [0.15, 0.2) is 28.7 Å². The second-order valence-electron chi connectivity index (χ2n) is 5.38. The van der Waals surface area contributed by atoms with Crippen LogP contribution in [-0.2, 0) is 4.79 Å². The molecule has 1 aromatic rings. The zero-order chi connectivity index (χ0) is 13.8. The van der Waals surface area contributed by atoms with Gasteiger partial charge in [-0.3, -0.25) is 4.79 Å². The van der Waals surface area contributed by atoms with Crippen LogP contribution in [0, 0.1) is 5.92 Å². The molecule has 0 spiro atoms. The molecule has 0 saturated heterocycles. The Labute approximate surface area is 123 Å². The topological polar surface area (TPSA) is 55.1 Å². The molecule has 1 amide bonds. The fourth-order valence-electron chi connectivity index (χ4n) is 2.70. The zero-order valence-corrected chi connectivity index (χ0v) is 12.8. The summed E-state index contributed by atoms with van der Waals surface area (Å²) in [5.41, 5.74) is 7.05. The van der Waals surface area contributed by atoms with Gasteiger partial charge >= 0.3 is 0 Å². The minimum atomic E-state index is 0.0150. The Morgan fingerprint density at radius 1 is 1.42 bits per heavy atom. The van der Waals surface area contributed by atoms with Crippen LogP contribution in [0.4, 0.5) is 0 Å². The van der Waals surface area contributed by atoms with Crippen molar-refractivity contribution in [2.75, 3.05) is 0 Å². The average Bonchev–Trinajstić information content (AvgIpc) is 2.39. The van der Waals surface area contributed by atoms with Gasteiger partial charge in [0.2, 0.25) is 5.91 Å². The SMILES string of the molecule is C[C@@H](NC(=O)C1CCCC(N)C1)c1ccccc1Br. The van der Waals surface area contributed by atoms with Gasteiger partial charge < -0.3 is 11.1 Å². The average molecular weight is 325 g/mol. The monoisotopic (exact) mass is 324 g/mol. The van der Waals surface area contributed by atoms with Crippen molar-refractivity contribution >= 4 is 21.8 Å². The predicted molar refractivity (Wildman–Crippen MR) is 80.6 cm³/mol. The van der Waals surface area contributed by atoms with Gasteiger partial charge in [-0.25, -0.2) is 0 Å². The molecule has 0 bridgehead atoms. The molecule has 1 aliphatic rings. The minimum Gasteiger partial charge on any atom is -0.349 e. The third-order valence-electron chi connectivity index (χ3n) is 3.82. The molecule has 3 nitrogen and oxygen atoms in total. The highest BCUT2D eigenvalue weighted by molar-refractivity contribution is 9.10. The fraction of sp³-hybridized carbons (Fsp3) is 0.533. The summed E-state index contributed by atoms with van der Waals surface area (Å²) in [6.07, 6.45) is 3.88. The quantitative estimate of drug-likeness (QED) is 0.897. The molecule has 3 atom stereocenters. The van der Waals surface area contributed by atoms with Gasteiger partial charge in [-0.15, -0.1) is 0 Å². The van der Waals surface area contributed by atoms with E-state index in [9.17, 15) is 4.79 Å². The molecule has 1 aliphatic carbocycles. The number of nitrogens with one attached hydrogen (secondary N) is 1. The first-order valence-electron chi connectivity index (χ1n) is 6.88. The molecule has 0 radical (unpaired) electrons. The summed E-state index contributed by atoms with van der Waals surface area (Å²) in [5, 5.41) is 3.10. The summed E-state index contributed by atoms with van der Waals surface area (Å²) in [7, 11) is 0. The van der Waals surface area contributed by atoms with E-state index in [1.54, 1.807) is 0 Å². The van der Waals surface area contributed by atoms with E-state index in [1.165, 1.54) is 0 Å². The van der Waals surface area contributed by atoms with E-state index in [2.05, 4.69) is 21.2 Å². The molecule has 0 aliphatic heterocycles. The summed E-state index contributed by atoms with van der Waals surface area (Å²) in [4.78, 5) is 12.3. The lowest BCUT2D eigenvalue weighted by Crippen LogP contribution is -2.38. The van der Waals surface area contributed by atoms with E-state index in [0.29, 0.717) is 0 Å². The second-order valence-corrected chi connectivity index (χ2v) is 6.23. The number of amides is 1.